The minimum Gasteiger partial charge on any atom is -0.497 e. The quantitative estimate of drug-likeness (QED) is 0.355. The minimum atomic E-state index is 0.00614. The van der Waals surface area contributed by atoms with E-state index in [0.717, 1.165) is 16.9 Å². The summed E-state index contributed by atoms with van der Waals surface area (Å²) in [5.41, 5.74) is 2.13. The van der Waals surface area contributed by atoms with E-state index in [4.69, 9.17) is 9.15 Å². The standard InChI is InChI=1S/C24H24N4O3S/c1-27(15-19-10-6-11-20(14-19)30-2)22(29)17-32-24-26-25-23(21-12-7-13-31-21)28(24)16-18-8-4-3-5-9-18/h3-14H,15-17H2,1-2H3. The van der Waals surface area contributed by atoms with Crippen LogP contribution in [-0.4, -0.2) is 45.5 Å². The third kappa shape index (κ3) is 5.20. The van der Waals surface area contributed by atoms with E-state index in [2.05, 4.69) is 10.2 Å². The summed E-state index contributed by atoms with van der Waals surface area (Å²) in [5.74, 6) is 2.31. The molecule has 0 spiro atoms. The van der Waals surface area contributed by atoms with Gasteiger partial charge in [0.25, 0.3) is 0 Å². The maximum atomic E-state index is 12.8. The summed E-state index contributed by atoms with van der Waals surface area (Å²) in [7, 11) is 3.43. The third-order valence-electron chi connectivity index (χ3n) is 4.95. The van der Waals surface area contributed by atoms with Crippen LogP contribution in [0.5, 0.6) is 5.75 Å². The number of thioether (sulfide) groups is 1. The molecule has 2 aromatic heterocycles. The Labute approximate surface area is 191 Å². The lowest BCUT2D eigenvalue weighted by Gasteiger charge is -2.17. The van der Waals surface area contributed by atoms with Crippen LogP contribution in [-0.2, 0) is 17.9 Å². The van der Waals surface area contributed by atoms with Gasteiger partial charge >= 0.3 is 0 Å². The molecule has 2 heterocycles. The van der Waals surface area contributed by atoms with Crippen molar-refractivity contribution < 1.29 is 13.9 Å². The zero-order valence-corrected chi connectivity index (χ0v) is 18.8. The summed E-state index contributed by atoms with van der Waals surface area (Å²) in [6, 6.07) is 21.5. The molecule has 0 aliphatic heterocycles. The Hall–Kier alpha value is -3.52. The second-order valence-electron chi connectivity index (χ2n) is 7.25. The molecule has 0 saturated carbocycles. The van der Waals surface area contributed by atoms with E-state index in [1.165, 1.54) is 11.8 Å². The summed E-state index contributed by atoms with van der Waals surface area (Å²) < 4.78 is 12.8. The molecule has 1 amide bonds. The van der Waals surface area contributed by atoms with Crippen LogP contribution < -0.4 is 4.74 Å². The Bertz CT molecular complexity index is 1160. The smallest absolute Gasteiger partial charge is 0.233 e. The Morgan fingerprint density at radius 1 is 1.06 bits per heavy atom. The molecular weight excluding hydrogens is 424 g/mol. The first kappa shape index (κ1) is 21.7. The van der Waals surface area contributed by atoms with Gasteiger partial charge in [0.05, 0.1) is 25.7 Å². The highest BCUT2D eigenvalue weighted by atomic mass is 32.2. The van der Waals surface area contributed by atoms with Crippen molar-refractivity contribution in [1.29, 1.82) is 0 Å². The molecule has 4 rings (SSSR count). The first-order valence-electron chi connectivity index (χ1n) is 10.1. The molecule has 0 aliphatic carbocycles. The molecule has 0 bridgehead atoms. The highest BCUT2D eigenvalue weighted by Crippen LogP contribution is 2.26. The van der Waals surface area contributed by atoms with Gasteiger partial charge in [-0.1, -0.05) is 54.2 Å². The van der Waals surface area contributed by atoms with Crippen LogP contribution in [0.1, 0.15) is 11.1 Å². The van der Waals surface area contributed by atoms with E-state index >= 15 is 0 Å². The van der Waals surface area contributed by atoms with E-state index in [1.54, 1.807) is 25.3 Å². The maximum absolute atomic E-state index is 12.8. The van der Waals surface area contributed by atoms with Crippen LogP contribution in [0, 0.1) is 0 Å². The van der Waals surface area contributed by atoms with E-state index in [-0.39, 0.29) is 11.7 Å². The van der Waals surface area contributed by atoms with E-state index in [9.17, 15) is 4.79 Å². The van der Waals surface area contributed by atoms with Crippen molar-refractivity contribution in [2.24, 2.45) is 0 Å². The molecule has 0 saturated heterocycles. The van der Waals surface area contributed by atoms with Gasteiger partial charge in [-0.2, -0.15) is 0 Å². The summed E-state index contributed by atoms with van der Waals surface area (Å²) in [6.07, 6.45) is 1.61. The topological polar surface area (TPSA) is 73.4 Å². The van der Waals surface area contributed by atoms with Gasteiger partial charge < -0.3 is 14.1 Å². The SMILES string of the molecule is COc1cccc(CN(C)C(=O)CSc2nnc(-c3ccco3)n2Cc2ccccc2)c1. The van der Waals surface area contributed by atoms with E-state index in [1.807, 2.05) is 71.3 Å². The number of rotatable bonds is 9. The molecule has 0 radical (unpaired) electrons. The predicted octanol–water partition coefficient (Wildman–Crippen LogP) is 4.35. The molecule has 7 nitrogen and oxygen atoms in total. The number of benzene rings is 2. The van der Waals surface area contributed by atoms with Crippen molar-refractivity contribution in [2.45, 2.75) is 18.2 Å². The normalized spacial score (nSPS) is 10.8. The van der Waals surface area contributed by atoms with Crippen molar-refractivity contribution in [1.82, 2.24) is 19.7 Å². The Morgan fingerprint density at radius 2 is 1.88 bits per heavy atom. The van der Waals surface area contributed by atoms with Crippen molar-refractivity contribution in [3.8, 4) is 17.3 Å². The number of ether oxygens (including phenoxy) is 1. The first-order valence-corrected chi connectivity index (χ1v) is 11.1. The summed E-state index contributed by atoms with van der Waals surface area (Å²) in [6.45, 7) is 1.09. The lowest BCUT2D eigenvalue weighted by atomic mass is 10.2. The highest BCUT2D eigenvalue weighted by molar-refractivity contribution is 7.99. The zero-order chi connectivity index (χ0) is 22.3. The molecule has 0 atom stereocenters. The number of hydrogen-bond donors (Lipinski definition) is 0. The molecular formula is C24H24N4O3S. The number of carbonyl (C=O) groups is 1. The van der Waals surface area contributed by atoms with Crippen LogP contribution in [0.15, 0.2) is 82.6 Å². The Balaban J connectivity index is 1.47. The highest BCUT2D eigenvalue weighted by Gasteiger charge is 2.19. The summed E-state index contributed by atoms with van der Waals surface area (Å²) in [5, 5.41) is 9.33. The molecule has 0 fully saturated rings. The van der Waals surface area contributed by atoms with Gasteiger partial charge in [-0.05, 0) is 35.4 Å². The lowest BCUT2D eigenvalue weighted by Crippen LogP contribution is -2.28. The van der Waals surface area contributed by atoms with E-state index in [0.29, 0.717) is 29.8 Å². The monoisotopic (exact) mass is 448 g/mol. The van der Waals surface area contributed by atoms with Crippen LogP contribution in [0.4, 0.5) is 0 Å². The van der Waals surface area contributed by atoms with Crippen LogP contribution in [0.25, 0.3) is 11.6 Å². The van der Waals surface area contributed by atoms with Crippen molar-refractivity contribution in [2.75, 3.05) is 19.9 Å². The van der Waals surface area contributed by atoms with Gasteiger partial charge in [-0.25, -0.2) is 0 Å². The van der Waals surface area contributed by atoms with Gasteiger partial charge in [0.2, 0.25) is 11.7 Å². The number of methoxy groups -OCH3 is 1. The molecule has 164 valence electrons. The van der Waals surface area contributed by atoms with Crippen LogP contribution in [0.2, 0.25) is 0 Å². The fourth-order valence-corrected chi connectivity index (χ4v) is 4.14. The number of furan rings is 1. The largest absolute Gasteiger partial charge is 0.497 e. The minimum absolute atomic E-state index is 0.00614. The van der Waals surface area contributed by atoms with E-state index < -0.39 is 0 Å². The molecule has 0 N–H and O–H groups in total. The molecule has 8 heteroatoms. The summed E-state index contributed by atoms with van der Waals surface area (Å²) in [4.78, 5) is 14.5. The molecule has 0 aliphatic rings. The summed E-state index contributed by atoms with van der Waals surface area (Å²) >= 11 is 1.37. The van der Waals surface area contributed by atoms with Gasteiger partial charge in [-0.15, -0.1) is 10.2 Å². The number of hydrogen-bond acceptors (Lipinski definition) is 6. The Morgan fingerprint density at radius 3 is 2.62 bits per heavy atom. The van der Waals surface area contributed by atoms with Gasteiger partial charge in [0, 0.05) is 13.6 Å². The van der Waals surface area contributed by atoms with Crippen molar-refractivity contribution >= 4 is 17.7 Å². The fraction of sp³-hybridized carbons (Fsp3) is 0.208. The van der Waals surface area contributed by atoms with Crippen LogP contribution >= 0.6 is 11.8 Å². The maximum Gasteiger partial charge on any atom is 0.233 e. The second-order valence-corrected chi connectivity index (χ2v) is 8.19. The van der Waals surface area contributed by atoms with Crippen molar-refractivity contribution in [3.05, 3.63) is 84.1 Å². The first-order chi connectivity index (χ1) is 15.6. The van der Waals surface area contributed by atoms with Gasteiger partial charge in [-0.3, -0.25) is 9.36 Å². The third-order valence-corrected chi connectivity index (χ3v) is 5.90. The zero-order valence-electron chi connectivity index (χ0n) is 18.0. The second kappa shape index (κ2) is 10.2. The molecule has 2 aromatic carbocycles. The number of nitrogens with zero attached hydrogens (tertiary/aromatic N) is 4. The number of carbonyl (C=O) groups excluding carboxylic acids is 1. The van der Waals surface area contributed by atoms with Gasteiger partial charge in [0.15, 0.2) is 10.9 Å². The Kier molecular flexibility index (Phi) is 6.91. The predicted molar refractivity (Wildman–Crippen MR) is 123 cm³/mol. The fourth-order valence-electron chi connectivity index (χ4n) is 3.26. The molecule has 0 unspecified atom stereocenters. The van der Waals surface area contributed by atoms with Crippen molar-refractivity contribution in [3.63, 3.8) is 0 Å². The molecule has 4 aromatic rings. The number of amides is 1. The van der Waals surface area contributed by atoms with Crippen LogP contribution in [0.3, 0.4) is 0 Å². The lowest BCUT2D eigenvalue weighted by molar-refractivity contribution is -0.127. The molecule has 32 heavy (non-hydrogen) atoms. The average Bonchev–Trinajstić information content (AvgIpc) is 3.48. The number of aromatic nitrogens is 3. The average molecular weight is 449 g/mol. The van der Waals surface area contributed by atoms with Gasteiger partial charge in [0.1, 0.15) is 5.75 Å².